The number of alkyl halides is 3. The molecule has 0 saturated carbocycles. The average Bonchev–Trinajstić information content (AvgIpc) is 2.34. The fraction of sp³-hybridized carbons (Fsp3) is 0.500. The molecule has 0 saturated heterocycles. The van der Waals surface area contributed by atoms with Crippen LogP contribution in [0.1, 0.15) is 15.8 Å². The molecule has 1 nitrogen and oxygen atoms in total. The van der Waals surface area contributed by atoms with Crippen molar-refractivity contribution in [2.24, 2.45) is 0 Å². The summed E-state index contributed by atoms with van der Waals surface area (Å²) in [7, 11) is 1.31. The molecule has 0 aliphatic carbocycles. The third-order valence-corrected chi connectivity index (χ3v) is 2.73. The second-order valence-electron chi connectivity index (χ2n) is 2.71. The van der Waals surface area contributed by atoms with Gasteiger partial charge in [-0.3, -0.25) is 0 Å². The summed E-state index contributed by atoms with van der Waals surface area (Å²) in [6, 6.07) is 1.66. The Hall–Kier alpha value is -0.550. The van der Waals surface area contributed by atoms with Crippen LogP contribution in [0.5, 0.6) is 0 Å². The van der Waals surface area contributed by atoms with Crippen LogP contribution in [0.15, 0.2) is 12.1 Å². The third kappa shape index (κ3) is 2.45. The van der Waals surface area contributed by atoms with Crippen molar-refractivity contribution in [2.75, 3.05) is 7.05 Å². The van der Waals surface area contributed by atoms with Crippen molar-refractivity contribution in [1.82, 2.24) is 5.32 Å². The Morgan fingerprint density at radius 3 is 2.31 bits per heavy atom. The van der Waals surface area contributed by atoms with E-state index in [4.69, 9.17) is 0 Å². The van der Waals surface area contributed by atoms with Crippen molar-refractivity contribution in [2.45, 2.75) is 19.1 Å². The van der Waals surface area contributed by atoms with Crippen molar-refractivity contribution in [3.63, 3.8) is 0 Å². The van der Waals surface area contributed by atoms with Crippen molar-refractivity contribution in [3.8, 4) is 0 Å². The Labute approximate surface area is 78.6 Å². The van der Waals surface area contributed by atoms with Crippen LogP contribution >= 0.6 is 11.3 Å². The molecule has 0 aromatic carbocycles. The number of thiophene rings is 1. The van der Waals surface area contributed by atoms with Crippen molar-refractivity contribution >= 4 is 11.3 Å². The molecule has 0 radical (unpaired) electrons. The minimum atomic E-state index is -4.22. The van der Waals surface area contributed by atoms with E-state index in [-0.39, 0.29) is 0 Å². The second kappa shape index (κ2) is 3.67. The topological polar surface area (TPSA) is 12.0 Å². The van der Waals surface area contributed by atoms with Crippen LogP contribution in [-0.4, -0.2) is 13.2 Å². The summed E-state index contributed by atoms with van der Waals surface area (Å²) in [4.78, 5) is 1.20. The minimum Gasteiger partial charge on any atom is -0.305 e. The summed E-state index contributed by atoms with van der Waals surface area (Å²) in [6.07, 6.45) is -4.22. The first kappa shape index (κ1) is 10.5. The molecule has 5 heteroatoms. The summed E-state index contributed by atoms with van der Waals surface area (Å²) < 4.78 is 37.1. The molecule has 0 aliphatic heterocycles. The van der Waals surface area contributed by atoms with Gasteiger partial charge in [0.15, 0.2) is 0 Å². The highest BCUT2D eigenvalue weighted by Gasteiger charge is 2.40. The molecule has 0 fully saturated rings. The largest absolute Gasteiger partial charge is 0.408 e. The van der Waals surface area contributed by atoms with E-state index in [1.807, 2.05) is 0 Å². The quantitative estimate of drug-likeness (QED) is 0.789. The summed E-state index contributed by atoms with van der Waals surface area (Å²) in [5.41, 5.74) is 0. The molecule has 13 heavy (non-hydrogen) atoms. The normalized spacial score (nSPS) is 14.5. The van der Waals surface area contributed by atoms with E-state index in [1.165, 1.54) is 13.1 Å². The summed E-state index contributed by atoms with van der Waals surface area (Å²) >= 11 is 1.16. The zero-order valence-electron chi connectivity index (χ0n) is 7.27. The van der Waals surface area contributed by atoms with Crippen LogP contribution in [-0.2, 0) is 0 Å². The lowest BCUT2D eigenvalue weighted by atomic mass is 10.2. The Kier molecular flexibility index (Phi) is 2.98. The van der Waals surface area contributed by atoms with Crippen LogP contribution in [0.3, 0.4) is 0 Å². The maximum atomic E-state index is 12.4. The molecule has 1 rings (SSSR count). The number of aryl methyl sites for hydroxylation is 1. The molecule has 0 amide bonds. The van der Waals surface area contributed by atoms with Gasteiger partial charge in [-0.15, -0.1) is 11.3 Å². The minimum absolute atomic E-state index is 0.313. The third-order valence-electron chi connectivity index (χ3n) is 1.66. The van der Waals surface area contributed by atoms with E-state index in [9.17, 15) is 13.2 Å². The van der Waals surface area contributed by atoms with Gasteiger partial charge >= 0.3 is 6.18 Å². The highest BCUT2D eigenvalue weighted by molar-refractivity contribution is 7.12. The first-order valence-corrected chi connectivity index (χ1v) is 4.57. The van der Waals surface area contributed by atoms with E-state index in [0.29, 0.717) is 4.88 Å². The first-order valence-electron chi connectivity index (χ1n) is 3.75. The summed E-state index contributed by atoms with van der Waals surface area (Å²) in [6.45, 7) is 1.79. The molecular formula is C8H10F3NS. The summed E-state index contributed by atoms with van der Waals surface area (Å²) in [5, 5.41) is 2.26. The Balaban J connectivity index is 2.91. The van der Waals surface area contributed by atoms with Crippen LogP contribution in [0.25, 0.3) is 0 Å². The molecule has 1 atom stereocenters. The van der Waals surface area contributed by atoms with Gasteiger partial charge in [-0.05, 0) is 26.1 Å². The Bertz CT molecular complexity index is 279. The molecule has 0 aliphatic rings. The molecule has 0 spiro atoms. The molecule has 0 bridgehead atoms. The number of halogens is 3. The summed E-state index contributed by atoms with van der Waals surface area (Å²) in [5.74, 6) is 0. The molecular weight excluding hydrogens is 199 g/mol. The Morgan fingerprint density at radius 1 is 1.38 bits per heavy atom. The molecule has 1 N–H and O–H groups in total. The number of rotatable bonds is 2. The van der Waals surface area contributed by atoms with Gasteiger partial charge in [0.1, 0.15) is 6.04 Å². The van der Waals surface area contributed by atoms with Gasteiger partial charge in [-0.1, -0.05) is 0 Å². The van der Waals surface area contributed by atoms with Crippen molar-refractivity contribution < 1.29 is 13.2 Å². The van der Waals surface area contributed by atoms with E-state index in [0.717, 1.165) is 16.2 Å². The van der Waals surface area contributed by atoms with Gasteiger partial charge in [-0.2, -0.15) is 13.2 Å². The van der Waals surface area contributed by atoms with Gasteiger partial charge < -0.3 is 5.32 Å². The molecule has 1 heterocycles. The average molecular weight is 209 g/mol. The zero-order chi connectivity index (χ0) is 10.1. The van der Waals surface area contributed by atoms with E-state index >= 15 is 0 Å². The predicted molar refractivity (Wildman–Crippen MR) is 46.9 cm³/mol. The smallest absolute Gasteiger partial charge is 0.305 e. The number of nitrogens with one attached hydrogen (secondary N) is 1. The second-order valence-corrected chi connectivity index (χ2v) is 4.03. The van der Waals surface area contributed by atoms with Crippen molar-refractivity contribution in [3.05, 3.63) is 21.9 Å². The van der Waals surface area contributed by atoms with Gasteiger partial charge in [-0.25, -0.2) is 0 Å². The van der Waals surface area contributed by atoms with Gasteiger partial charge in [0.2, 0.25) is 0 Å². The van der Waals surface area contributed by atoms with E-state index in [2.05, 4.69) is 5.32 Å². The molecule has 1 unspecified atom stereocenters. The monoisotopic (exact) mass is 209 g/mol. The van der Waals surface area contributed by atoms with Gasteiger partial charge in [0.25, 0.3) is 0 Å². The lowest BCUT2D eigenvalue weighted by Crippen LogP contribution is -2.30. The molecule has 74 valence electrons. The maximum absolute atomic E-state index is 12.4. The number of hydrogen-bond acceptors (Lipinski definition) is 2. The predicted octanol–water partition coefficient (Wildman–Crippen LogP) is 2.88. The highest BCUT2D eigenvalue weighted by atomic mass is 32.1. The first-order chi connectivity index (χ1) is 5.95. The Morgan fingerprint density at radius 2 is 2.00 bits per heavy atom. The maximum Gasteiger partial charge on any atom is 0.408 e. The SMILES string of the molecule is CNC(c1ccc(C)s1)C(F)(F)F. The van der Waals surface area contributed by atoms with Crippen LogP contribution in [0, 0.1) is 6.92 Å². The molecule has 1 aromatic rings. The fourth-order valence-electron chi connectivity index (χ4n) is 1.08. The van der Waals surface area contributed by atoms with Gasteiger partial charge in [0.05, 0.1) is 0 Å². The fourth-order valence-corrected chi connectivity index (χ4v) is 2.09. The van der Waals surface area contributed by atoms with Crippen LogP contribution in [0.4, 0.5) is 13.2 Å². The van der Waals surface area contributed by atoms with E-state index in [1.54, 1.807) is 13.0 Å². The van der Waals surface area contributed by atoms with Crippen LogP contribution < -0.4 is 5.32 Å². The standard InChI is InChI=1S/C8H10F3NS/c1-5-3-4-6(13-5)7(12-2)8(9,10)11/h3-4,7,12H,1-2H3. The van der Waals surface area contributed by atoms with Crippen molar-refractivity contribution in [1.29, 1.82) is 0 Å². The number of hydrogen-bond donors (Lipinski definition) is 1. The molecule has 1 aromatic heterocycles. The van der Waals surface area contributed by atoms with E-state index < -0.39 is 12.2 Å². The van der Waals surface area contributed by atoms with Gasteiger partial charge in [0, 0.05) is 9.75 Å². The highest BCUT2D eigenvalue weighted by Crippen LogP contribution is 2.35. The zero-order valence-corrected chi connectivity index (χ0v) is 8.09. The van der Waals surface area contributed by atoms with Crippen LogP contribution in [0.2, 0.25) is 0 Å². The lowest BCUT2D eigenvalue weighted by Gasteiger charge is -2.17. The lowest BCUT2D eigenvalue weighted by molar-refractivity contribution is -0.155.